The minimum absolute atomic E-state index is 0.0118. The molecule has 1 amide bonds. The summed E-state index contributed by atoms with van der Waals surface area (Å²) in [6.45, 7) is 0.575. The smallest absolute Gasteiger partial charge is 0.257 e. The van der Waals surface area contributed by atoms with Gasteiger partial charge in [0.2, 0.25) is 0 Å². The van der Waals surface area contributed by atoms with Gasteiger partial charge in [0.25, 0.3) is 5.91 Å². The highest BCUT2D eigenvalue weighted by Gasteiger charge is 2.27. The molecule has 26 heavy (non-hydrogen) atoms. The topological polar surface area (TPSA) is 63.7 Å². The van der Waals surface area contributed by atoms with E-state index in [1.54, 1.807) is 47.4 Å². The predicted molar refractivity (Wildman–Crippen MR) is 102 cm³/mol. The largest absolute Gasteiger partial charge is 0.488 e. The summed E-state index contributed by atoms with van der Waals surface area (Å²) in [4.78, 5) is 14.3. The first-order valence-electron chi connectivity index (χ1n) is 8.01. The maximum absolute atomic E-state index is 12.8. The van der Waals surface area contributed by atoms with Crippen LogP contribution in [0.4, 0.5) is 0 Å². The number of hydrogen-bond acceptors (Lipinski definition) is 4. The Balaban J connectivity index is 1.74. The fraction of sp³-hybridized carbons (Fsp3) is 0.278. The Kier molecular flexibility index (Phi) is 5.75. The molecule has 2 aromatic carbocycles. The van der Waals surface area contributed by atoms with Crippen molar-refractivity contribution in [2.75, 3.05) is 24.6 Å². The fourth-order valence-electron chi connectivity index (χ4n) is 2.65. The summed E-state index contributed by atoms with van der Waals surface area (Å²) < 4.78 is 28.9. The SMILES string of the molecule is O=C(c1ccccc1OCc1ccc(Cl)cc1Cl)N1CCS(=O)(=O)CC1. The second kappa shape index (κ2) is 7.86. The number of nitrogens with zero attached hydrogens (tertiary/aromatic N) is 1. The third-order valence-corrected chi connectivity index (χ3v) is 6.34. The Hall–Kier alpha value is -1.76. The summed E-state index contributed by atoms with van der Waals surface area (Å²) in [6, 6.07) is 12.0. The molecule has 0 spiro atoms. The minimum Gasteiger partial charge on any atom is -0.488 e. The lowest BCUT2D eigenvalue weighted by molar-refractivity contribution is 0.0765. The van der Waals surface area contributed by atoms with E-state index in [4.69, 9.17) is 27.9 Å². The third kappa shape index (κ3) is 4.50. The zero-order chi connectivity index (χ0) is 18.7. The molecule has 0 saturated carbocycles. The highest BCUT2D eigenvalue weighted by molar-refractivity contribution is 7.91. The van der Waals surface area contributed by atoms with Crippen LogP contribution in [0.1, 0.15) is 15.9 Å². The molecule has 0 bridgehead atoms. The summed E-state index contributed by atoms with van der Waals surface area (Å²) >= 11 is 12.0. The molecule has 138 valence electrons. The van der Waals surface area contributed by atoms with Gasteiger partial charge in [0.05, 0.1) is 17.1 Å². The number of halogens is 2. The van der Waals surface area contributed by atoms with Crippen LogP contribution in [0.3, 0.4) is 0 Å². The van der Waals surface area contributed by atoms with E-state index >= 15 is 0 Å². The molecule has 5 nitrogen and oxygen atoms in total. The number of carbonyl (C=O) groups is 1. The summed E-state index contributed by atoms with van der Waals surface area (Å²) in [7, 11) is -3.05. The highest BCUT2D eigenvalue weighted by Crippen LogP contribution is 2.25. The standard InChI is InChI=1S/C18H17Cl2NO4S/c19-14-6-5-13(16(20)11-14)12-25-17-4-2-1-3-15(17)18(22)21-7-9-26(23,24)10-8-21/h1-6,11H,7-10,12H2. The van der Waals surface area contributed by atoms with Gasteiger partial charge < -0.3 is 9.64 Å². The van der Waals surface area contributed by atoms with E-state index in [2.05, 4.69) is 0 Å². The molecule has 0 aliphatic carbocycles. The van der Waals surface area contributed by atoms with E-state index < -0.39 is 9.84 Å². The molecule has 0 aromatic heterocycles. The van der Waals surface area contributed by atoms with Gasteiger partial charge in [-0.25, -0.2) is 8.42 Å². The van der Waals surface area contributed by atoms with Gasteiger partial charge in [-0.05, 0) is 24.3 Å². The zero-order valence-electron chi connectivity index (χ0n) is 13.8. The molecular formula is C18H17Cl2NO4S. The van der Waals surface area contributed by atoms with Crippen molar-refractivity contribution in [3.63, 3.8) is 0 Å². The fourth-order valence-corrected chi connectivity index (χ4v) is 4.31. The van der Waals surface area contributed by atoms with Crippen LogP contribution in [0, 0.1) is 0 Å². The molecule has 1 fully saturated rings. The van der Waals surface area contributed by atoms with Gasteiger partial charge in [0, 0.05) is 28.7 Å². The van der Waals surface area contributed by atoms with Crippen molar-refractivity contribution in [3.8, 4) is 5.75 Å². The molecule has 1 heterocycles. The normalized spacial score (nSPS) is 16.3. The van der Waals surface area contributed by atoms with Crippen LogP contribution >= 0.6 is 23.2 Å². The van der Waals surface area contributed by atoms with Crippen molar-refractivity contribution in [2.24, 2.45) is 0 Å². The van der Waals surface area contributed by atoms with Crippen LogP contribution in [0.5, 0.6) is 5.75 Å². The van der Waals surface area contributed by atoms with E-state index in [1.165, 1.54) is 0 Å². The van der Waals surface area contributed by atoms with Crippen molar-refractivity contribution in [2.45, 2.75) is 6.61 Å². The van der Waals surface area contributed by atoms with Crippen molar-refractivity contribution in [1.82, 2.24) is 4.90 Å². The molecular weight excluding hydrogens is 397 g/mol. The number of rotatable bonds is 4. The van der Waals surface area contributed by atoms with Gasteiger partial charge >= 0.3 is 0 Å². The molecule has 0 N–H and O–H groups in total. The first-order chi connectivity index (χ1) is 12.4. The van der Waals surface area contributed by atoms with E-state index in [0.717, 1.165) is 5.56 Å². The van der Waals surface area contributed by atoms with Crippen LogP contribution in [0.25, 0.3) is 0 Å². The lowest BCUT2D eigenvalue weighted by atomic mass is 10.1. The third-order valence-electron chi connectivity index (χ3n) is 4.15. The van der Waals surface area contributed by atoms with E-state index in [1.807, 2.05) is 0 Å². The van der Waals surface area contributed by atoms with E-state index in [0.29, 0.717) is 21.4 Å². The molecule has 0 radical (unpaired) electrons. The number of para-hydroxylation sites is 1. The lowest BCUT2D eigenvalue weighted by Crippen LogP contribution is -2.43. The number of hydrogen-bond donors (Lipinski definition) is 0. The lowest BCUT2D eigenvalue weighted by Gasteiger charge is -2.27. The van der Waals surface area contributed by atoms with Gasteiger partial charge in [-0.2, -0.15) is 0 Å². The number of carbonyl (C=O) groups excluding carboxylic acids is 1. The molecule has 2 aromatic rings. The monoisotopic (exact) mass is 413 g/mol. The first-order valence-corrected chi connectivity index (χ1v) is 10.6. The second-order valence-electron chi connectivity index (χ2n) is 5.96. The highest BCUT2D eigenvalue weighted by atomic mass is 35.5. The molecule has 0 unspecified atom stereocenters. The van der Waals surface area contributed by atoms with Crippen LogP contribution < -0.4 is 4.74 Å². The van der Waals surface area contributed by atoms with Crippen molar-refractivity contribution in [3.05, 3.63) is 63.6 Å². The van der Waals surface area contributed by atoms with Crippen LogP contribution in [0.2, 0.25) is 10.0 Å². The molecule has 8 heteroatoms. The summed E-state index contributed by atoms with van der Waals surface area (Å²) in [5.74, 6) is 0.166. The Morgan fingerprint density at radius 2 is 1.77 bits per heavy atom. The Bertz CT molecular complexity index is 917. The molecule has 1 aliphatic heterocycles. The summed E-state index contributed by atoms with van der Waals surface area (Å²) in [5.41, 5.74) is 1.15. The summed E-state index contributed by atoms with van der Waals surface area (Å²) in [5, 5.41) is 1.02. The van der Waals surface area contributed by atoms with Crippen LogP contribution in [0.15, 0.2) is 42.5 Å². The van der Waals surface area contributed by atoms with Gasteiger partial charge in [-0.1, -0.05) is 41.4 Å². The average molecular weight is 414 g/mol. The number of amides is 1. The molecule has 1 saturated heterocycles. The van der Waals surface area contributed by atoms with Gasteiger partial charge in [-0.3, -0.25) is 4.79 Å². The molecule has 0 atom stereocenters. The second-order valence-corrected chi connectivity index (χ2v) is 9.11. The number of ether oxygens (including phenoxy) is 1. The predicted octanol–water partition coefficient (Wildman–Crippen LogP) is 3.44. The van der Waals surface area contributed by atoms with Crippen molar-refractivity contribution >= 4 is 38.9 Å². The first kappa shape index (κ1) is 19.0. The summed E-state index contributed by atoms with van der Waals surface area (Å²) in [6.07, 6.45) is 0. The Labute approximate surface area is 162 Å². The zero-order valence-corrected chi connectivity index (χ0v) is 16.1. The van der Waals surface area contributed by atoms with Gasteiger partial charge in [-0.15, -0.1) is 0 Å². The van der Waals surface area contributed by atoms with E-state index in [9.17, 15) is 13.2 Å². The van der Waals surface area contributed by atoms with Crippen molar-refractivity contribution < 1.29 is 17.9 Å². The Morgan fingerprint density at radius 1 is 1.08 bits per heavy atom. The van der Waals surface area contributed by atoms with E-state index in [-0.39, 0.29) is 37.1 Å². The van der Waals surface area contributed by atoms with Crippen LogP contribution in [-0.4, -0.2) is 43.8 Å². The molecule has 3 rings (SSSR count). The van der Waals surface area contributed by atoms with Gasteiger partial charge in [0.1, 0.15) is 12.4 Å². The Morgan fingerprint density at radius 3 is 2.46 bits per heavy atom. The molecule has 1 aliphatic rings. The maximum Gasteiger partial charge on any atom is 0.257 e. The van der Waals surface area contributed by atoms with Gasteiger partial charge in [0.15, 0.2) is 9.84 Å². The van der Waals surface area contributed by atoms with Crippen molar-refractivity contribution in [1.29, 1.82) is 0 Å². The number of benzene rings is 2. The van der Waals surface area contributed by atoms with Crippen LogP contribution in [-0.2, 0) is 16.4 Å². The number of sulfone groups is 1. The average Bonchev–Trinajstić information content (AvgIpc) is 2.61. The quantitative estimate of drug-likeness (QED) is 0.769. The maximum atomic E-state index is 12.8. The minimum atomic E-state index is -3.05.